The summed E-state index contributed by atoms with van der Waals surface area (Å²) < 4.78 is 97.9. The van der Waals surface area contributed by atoms with Crippen molar-refractivity contribution in [2.75, 3.05) is 0 Å². The van der Waals surface area contributed by atoms with Crippen molar-refractivity contribution in [3.63, 3.8) is 0 Å². The van der Waals surface area contributed by atoms with Crippen molar-refractivity contribution in [1.29, 1.82) is 0 Å². The number of amides is 4. The molecular weight excluding hydrogens is 1020 g/mol. The van der Waals surface area contributed by atoms with Crippen molar-refractivity contribution < 1.29 is 65.3 Å². The molecule has 18 heteroatoms. The van der Waals surface area contributed by atoms with Crippen LogP contribution in [0.4, 0.5) is 26.3 Å². The van der Waals surface area contributed by atoms with Crippen LogP contribution in [0.3, 0.4) is 0 Å². The molecule has 2 N–H and O–H groups in total. The van der Waals surface area contributed by atoms with Gasteiger partial charge in [-0.1, -0.05) is 97.1 Å². The lowest BCUT2D eigenvalue weighted by atomic mass is 9.89. The number of carboxylic acids is 2. The fraction of sp³-hybridized carbons (Fsp3) is 0.158. The minimum atomic E-state index is -5.92. The highest BCUT2D eigenvalue weighted by Gasteiger charge is 2.80. The van der Waals surface area contributed by atoms with Crippen LogP contribution < -0.4 is 0 Å². The number of thiophene rings is 2. The van der Waals surface area contributed by atoms with Crippen LogP contribution in [0, 0.1) is 13.8 Å². The van der Waals surface area contributed by atoms with Crippen molar-refractivity contribution in [3.8, 4) is 20.9 Å². The summed E-state index contributed by atoms with van der Waals surface area (Å²) in [7, 11) is 0. The predicted molar refractivity (Wildman–Crippen MR) is 270 cm³/mol. The van der Waals surface area contributed by atoms with Crippen LogP contribution in [0.5, 0.6) is 0 Å². The Hall–Kier alpha value is -8.22. The van der Waals surface area contributed by atoms with Crippen LogP contribution in [0.15, 0.2) is 133 Å². The topological polar surface area (TPSA) is 149 Å². The summed E-state index contributed by atoms with van der Waals surface area (Å²) in [5.74, 6) is -23.3. The number of nitrogens with zero attached hydrogens (tertiary/aromatic N) is 2. The van der Waals surface area contributed by atoms with Crippen LogP contribution in [0.1, 0.15) is 73.4 Å². The lowest BCUT2D eigenvalue weighted by Gasteiger charge is -2.32. The summed E-state index contributed by atoms with van der Waals surface area (Å²) in [6.45, 7) is 2.64. The molecule has 6 aromatic carbocycles. The summed E-state index contributed by atoms with van der Waals surface area (Å²) in [5.41, 5.74) is -2.95. The zero-order valence-electron chi connectivity index (χ0n) is 39.1. The van der Waals surface area contributed by atoms with Gasteiger partial charge >= 0.3 is 29.7 Å². The molecule has 2 aliphatic heterocycles. The number of aryl methyl sites for hydroxylation is 2. The molecule has 4 heterocycles. The summed E-state index contributed by atoms with van der Waals surface area (Å²) in [6, 6.07) is 30.2. The van der Waals surface area contributed by atoms with E-state index in [-0.39, 0.29) is 87.3 Å². The van der Waals surface area contributed by atoms with E-state index in [2.05, 4.69) is 0 Å². The lowest BCUT2D eigenvalue weighted by molar-refractivity contribution is -0.254. The maximum Gasteiger partial charge on any atom is 0.380 e. The van der Waals surface area contributed by atoms with Crippen LogP contribution in [-0.2, 0) is 22.4 Å². The molecule has 2 aromatic heterocycles. The molecule has 0 saturated heterocycles. The van der Waals surface area contributed by atoms with Crippen LogP contribution in [0.2, 0.25) is 0 Å². The van der Waals surface area contributed by atoms with E-state index in [1.54, 1.807) is 60.7 Å². The summed E-state index contributed by atoms with van der Waals surface area (Å²) in [4.78, 5) is 83.3. The highest BCUT2D eigenvalue weighted by atomic mass is 32.1. The standard InChI is InChI=1S/C57H36F6N2O8S2/c1-27-39(25-43(74-27)31-19-21-37-45-33(31)15-9-17-35(45)49(66)64(51(37)68)41(53(70)71)23-29-11-5-3-6-12-29)47-48(56(60,61)57(62,63)55(47,58)59)40-26-44(75-28(40)2)32-20-22-38-46-34(32)16-10-18-36(46)50(67)65(52(38)69)42(54(72)73)24-30-13-7-4-8-14-30/h3-22,25-26,41-42H,23-24H2,1-2H3,(H,70,71)(H,72,73)/t41-,42-/m0/s1. The molecule has 0 spiro atoms. The number of carbonyl (C=O) groups excluding carboxylic acids is 4. The van der Waals surface area contributed by atoms with Crippen molar-refractivity contribution in [1.82, 2.24) is 9.80 Å². The number of carboxylic acid groups (broad SMARTS) is 2. The Kier molecular flexibility index (Phi) is 11.4. The van der Waals surface area contributed by atoms with Crippen LogP contribution >= 0.6 is 22.7 Å². The second-order valence-corrected chi connectivity index (χ2v) is 21.0. The van der Waals surface area contributed by atoms with Crippen molar-refractivity contribution in [2.45, 2.75) is 56.5 Å². The summed E-state index contributed by atoms with van der Waals surface area (Å²) in [6.07, 6.45) is -0.382. The van der Waals surface area contributed by atoms with Crippen LogP contribution in [-0.4, -0.2) is 85.4 Å². The fourth-order valence-corrected chi connectivity index (χ4v) is 12.8. The molecule has 2 atom stereocenters. The van der Waals surface area contributed by atoms with Gasteiger partial charge in [0.05, 0.1) is 0 Å². The molecule has 376 valence electrons. The van der Waals surface area contributed by atoms with Gasteiger partial charge in [-0.3, -0.25) is 29.0 Å². The highest BCUT2D eigenvalue weighted by molar-refractivity contribution is 7.16. The van der Waals surface area contributed by atoms with Gasteiger partial charge in [0, 0.05) is 76.5 Å². The number of rotatable bonds is 12. The Bertz CT molecular complexity index is 3580. The number of halogens is 6. The number of allylic oxidation sites excluding steroid dienone is 2. The van der Waals surface area contributed by atoms with E-state index < -0.39 is 87.7 Å². The lowest BCUT2D eigenvalue weighted by Crippen LogP contribution is -2.51. The van der Waals surface area contributed by atoms with Crippen molar-refractivity contribution in [2.24, 2.45) is 0 Å². The number of carbonyl (C=O) groups is 6. The van der Waals surface area contributed by atoms with E-state index >= 15 is 26.3 Å². The van der Waals surface area contributed by atoms with Crippen molar-refractivity contribution >= 4 is 90.9 Å². The van der Waals surface area contributed by atoms with Gasteiger partial charge in [0.15, 0.2) is 0 Å². The first kappa shape index (κ1) is 49.0. The van der Waals surface area contributed by atoms with Gasteiger partial charge < -0.3 is 10.2 Å². The zero-order valence-corrected chi connectivity index (χ0v) is 40.7. The van der Waals surface area contributed by atoms with Gasteiger partial charge in [-0.25, -0.2) is 9.59 Å². The molecule has 0 unspecified atom stereocenters. The Balaban J connectivity index is 0.998. The minimum Gasteiger partial charge on any atom is -0.480 e. The molecule has 1 aliphatic carbocycles. The van der Waals surface area contributed by atoms with Gasteiger partial charge in [0.2, 0.25) is 0 Å². The number of alkyl halides is 6. The zero-order chi connectivity index (χ0) is 53.2. The number of benzene rings is 6. The SMILES string of the molecule is Cc1sc(-c2ccc3c4c(cccc24)C(=O)N([C@@H](Cc2ccccc2)C(=O)O)C3=O)cc1C1=C(c2cc(-c3ccc4c5c(cccc35)C(=O)N([C@@H](Cc3ccccc3)C(=O)O)C4=O)sc2C)C(F)(F)C(F)(F)C1(F)F. The highest BCUT2D eigenvalue weighted by Crippen LogP contribution is 2.66. The average molecular weight is 1060 g/mol. The van der Waals surface area contributed by atoms with E-state index in [0.29, 0.717) is 20.9 Å². The molecule has 4 amide bonds. The van der Waals surface area contributed by atoms with Crippen molar-refractivity contribution in [3.05, 3.63) is 188 Å². The maximum atomic E-state index is 16.5. The normalized spacial score (nSPS) is 17.3. The predicted octanol–water partition coefficient (Wildman–Crippen LogP) is 12.5. The molecule has 3 aliphatic rings. The molecule has 0 fully saturated rings. The first-order chi connectivity index (χ1) is 35.6. The first-order valence-electron chi connectivity index (χ1n) is 23.2. The molecule has 10 nitrogen and oxygen atoms in total. The molecule has 0 radical (unpaired) electrons. The van der Waals surface area contributed by atoms with E-state index in [1.165, 1.54) is 74.5 Å². The summed E-state index contributed by atoms with van der Waals surface area (Å²) in [5, 5.41) is 21.3. The van der Waals surface area contributed by atoms with Gasteiger partial charge in [0.1, 0.15) is 12.1 Å². The second kappa shape index (κ2) is 17.4. The third-order valence-electron chi connectivity index (χ3n) is 14.2. The largest absolute Gasteiger partial charge is 0.480 e. The third kappa shape index (κ3) is 7.28. The number of hydrogen-bond donors (Lipinski definition) is 2. The fourth-order valence-electron chi connectivity index (χ4n) is 10.6. The van der Waals surface area contributed by atoms with Gasteiger partial charge in [-0.2, -0.15) is 26.3 Å². The van der Waals surface area contributed by atoms with E-state index in [9.17, 15) is 39.0 Å². The summed E-state index contributed by atoms with van der Waals surface area (Å²) >= 11 is 1.67. The van der Waals surface area contributed by atoms with Gasteiger partial charge in [-0.15, -0.1) is 22.7 Å². The molecule has 0 bridgehead atoms. The number of imide groups is 2. The van der Waals surface area contributed by atoms with Crippen LogP contribution in [0.25, 0.3) is 53.6 Å². The van der Waals surface area contributed by atoms with E-state index in [1.807, 2.05) is 0 Å². The van der Waals surface area contributed by atoms with E-state index in [0.717, 1.165) is 34.8 Å². The van der Waals surface area contributed by atoms with Gasteiger partial charge in [0.25, 0.3) is 23.6 Å². The Morgan fingerprint density at radius 2 is 0.800 bits per heavy atom. The second-order valence-electron chi connectivity index (χ2n) is 18.5. The average Bonchev–Trinajstić information content (AvgIpc) is 4.05. The number of hydrogen-bond acceptors (Lipinski definition) is 8. The smallest absolute Gasteiger partial charge is 0.380 e. The monoisotopic (exact) mass is 1050 g/mol. The Morgan fingerprint density at radius 1 is 0.467 bits per heavy atom. The minimum absolute atomic E-state index is 0.0336. The Labute approximate surface area is 429 Å². The third-order valence-corrected chi connectivity index (χ3v) is 16.4. The van der Waals surface area contributed by atoms with E-state index in [4.69, 9.17) is 0 Å². The quantitative estimate of drug-likeness (QED) is 0.0907. The molecular formula is C57H36F6N2O8S2. The first-order valence-corrected chi connectivity index (χ1v) is 24.8. The maximum absolute atomic E-state index is 16.5. The van der Waals surface area contributed by atoms with Gasteiger partial charge in [-0.05, 0) is 94.4 Å². The molecule has 8 aromatic rings. The molecule has 0 saturated carbocycles. The number of aliphatic carboxylic acids is 2. The Morgan fingerprint density at radius 3 is 1.15 bits per heavy atom. The molecule has 75 heavy (non-hydrogen) atoms. The molecule has 11 rings (SSSR count).